The molecule has 1 saturated carbocycles. The molecule has 6 heteroatoms. The Morgan fingerprint density at radius 1 is 1.15 bits per heavy atom. The van der Waals surface area contributed by atoms with E-state index in [2.05, 4.69) is 4.98 Å². The molecule has 142 valence electrons. The fraction of sp³-hybridized carbons (Fsp3) is 0.333. The van der Waals surface area contributed by atoms with Gasteiger partial charge in [0, 0.05) is 6.07 Å². The summed E-state index contributed by atoms with van der Waals surface area (Å²) < 4.78 is 11.5. The van der Waals surface area contributed by atoms with E-state index >= 15 is 0 Å². The predicted molar refractivity (Wildman–Crippen MR) is 106 cm³/mol. The Balaban J connectivity index is 1.66. The van der Waals surface area contributed by atoms with E-state index in [1.165, 1.54) is 0 Å². The fourth-order valence-corrected chi connectivity index (χ4v) is 3.48. The van der Waals surface area contributed by atoms with Gasteiger partial charge in [0.25, 0.3) is 0 Å². The van der Waals surface area contributed by atoms with E-state index < -0.39 is 6.10 Å². The largest absolute Gasteiger partial charge is 0.456 e. The van der Waals surface area contributed by atoms with Crippen molar-refractivity contribution >= 4 is 29.2 Å². The van der Waals surface area contributed by atoms with Crippen LogP contribution in [0.4, 0.5) is 0 Å². The number of nitrogens with zero attached hydrogens (tertiary/aromatic N) is 1. The van der Waals surface area contributed by atoms with Gasteiger partial charge in [0.1, 0.15) is 16.3 Å². The molecule has 1 aliphatic rings. The van der Waals surface area contributed by atoms with Gasteiger partial charge in [-0.1, -0.05) is 61.3 Å². The van der Waals surface area contributed by atoms with Crippen LogP contribution >= 0.6 is 23.2 Å². The van der Waals surface area contributed by atoms with E-state index in [0.717, 1.165) is 0 Å². The first-order valence-electron chi connectivity index (χ1n) is 8.72. The lowest BCUT2D eigenvalue weighted by Gasteiger charge is -2.14. The second kappa shape index (κ2) is 7.91. The molecular formula is C21H21Cl2NO3. The maximum Gasteiger partial charge on any atom is 0.310 e. The van der Waals surface area contributed by atoms with Gasteiger partial charge in [-0.25, -0.2) is 4.98 Å². The van der Waals surface area contributed by atoms with Gasteiger partial charge < -0.3 is 9.47 Å². The van der Waals surface area contributed by atoms with Crippen LogP contribution in [0.3, 0.4) is 0 Å². The van der Waals surface area contributed by atoms with Crippen molar-refractivity contribution in [2.45, 2.75) is 26.9 Å². The summed E-state index contributed by atoms with van der Waals surface area (Å²) in [7, 11) is 0. The standard InChI is InChI=1S/C21H21Cl2NO3/c1-13(26-20(25)19-15(12-17(22)23)21(19,2)3)16-10-7-11-18(24-16)27-14-8-5-4-6-9-14/h4-13,15,19H,1-3H3/t13-,15+,19-/m0/s1. The Morgan fingerprint density at radius 2 is 1.85 bits per heavy atom. The molecule has 0 spiro atoms. The number of carbonyl (C=O) groups is 1. The van der Waals surface area contributed by atoms with Crippen molar-refractivity contribution in [1.82, 2.24) is 4.98 Å². The average Bonchev–Trinajstić information content (AvgIpc) is 3.15. The highest BCUT2D eigenvalue weighted by atomic mass is 35.5. The van der Waals surface area contributed by atoms with Crippen LogP contribution in [0, 0.1) is 17.3 Å². The average molecular weight is 406 g/mol. The van der Waals surface area contributed by atoms with Crippen LogP contribution in [0.5, 0.6) is 11.6 Å². The van der Waals surface area contributed by atoms with Gasteiger partial charge in [0.05, 0.1) is 11.6 Å². The van der Waals surface area contributed by atoms with E-state index in [4.69, 9.17) is 32.7 Å². The Hall–Kier alpha value is -2.04. The minimum Gasteiger partial charge on any atom is -0.456 e. The molecule has 0 N–H and O–H groups in total. The number of esters is 1. The molecule has 3 rings (SSSR count). The van der Waals surface area contributed by atoms with E-state index in [1.807, 2.05) is 50.2 Å². The number of carbonyl (C=O) groups excluding carboxylic acids is 1. The second-order valence-electron chi connectivity index (χ2n) is 7.18. The molecule has 27 heavy (non-hydrogen) atoms. The fourth-order valence-electron chi connectivity index (χ4n) is 3.21. The summed E-state index contributed by atoms with van der Waals surface area (Å²) in [6.45, 7) is 5.78. The van der Waals surface area contributed by atoms with Crippen LogP contribution in [0.15, 0.2) is 59.1 Å². The first kappa shape index (κ1) is 19.7. The van der Waals surface area contributed by atoms with Crippen molar-refractivity contribution in [3.63, 3.8) is 0 Å². The molecule has 0 unspecified atom stereocenters. The smallest absolute Gasteiger partial charge is 0.310 e. The van der Waals surface area contributed by atoms with E-state index in [-0.39, 0.29) is 27.7 Å². The van der Waals surface area contributed by atoms with Gasteiger partial charge in [-0.2, -0.15) is 0 Å². The molecule has 3 atom stereocenters. The highest BCUT2D eigenvalue weighted by Gasteiger charge is 2.61. The van der Waals surface area contributed by atoms with Gasteiger partial charge in [-0.3, -0.25) is 4.79 Å². The van der Waals surface area contributed by atoms with Gasteiger partial charge in [-0.15, -0.1) is 0 Å². The summed E-state index contributed by atoms with van der Waals surface area (Å²) in [4.78, 5) is 17.0. The zero-order valence-electron chi connectivity index (χ0n) is 15.4. The van der Waals surface area contributed by atoms with Crippen molar-refractivity contribution in [3.8, 4) is 11.6 Å². The molecule has 4 nitrogen and oxygen atoms in total. The van der Waals surface area contributed by atoms with Crippen LogP contribution in [0.25, 0.3) is 0 Å². The second-order valence-corrected chi connectivity index (χ2v) is 8.18. The third-order valence-corrected chi connectivity index (χ3v) is 5.14. The summed E-state index contributed by atoms with van der Waals surface area (Å²) in [5, 5.41) is 0. The molecule has 1 heterocycles. The van der Waals surface area contributed by atoms with Crippen LogP contribution < -0.4 is 4.74 Å². The third-order valence-electron chi connectivity index (χ3n) is 4.89. The molecule has 1 aliphatic carbocycles. The summed E-state index contributed by atoms with van der Waals surface area (Å²) in [5.41, 5.74) is 0.398. The predicted octanol–water partition coefficient (Wildman–Crippen LogP) is 6.07. The molecule has 0 radical (unpaired) electrons. The van der Waals surface area contributed by atoms with Crippen LogP contribution in [-0.4, -0.2) is 11.0 Å². The lowest BCUT2D eigenvalue weighted by molar-refractivity contribution is -0.151. The molecular weight excluding hydrogens is 385 g/mol. The number of rotatable bonds is 6. The summed E-state index contributed by atoms with van der Waals surface area (Å²) in [5.74, 6) is 0.570. The van der Waals surface area contributed by atoms with Gasteiger partial charge in [0.15, 0.2) is 0 Å². The molecule has 1 aromatic heterocycles. The molecule has 1 aromatic carbocycles. The third kappa shape index (κ3) is 4.63. The summed E-state index contributed by atoms with van der Waals surface area (Å²) in [6.07, 6.45) is 1.20. The summed E-state index contributed by atoms with van der Waals surface area (Å²) >= 11 is 11.5. The van der Waals surface area contributed by atoms with Gasteiger partial charge >= 0.3 is 5.97 Å². The number of aromatic nitrogens is 1. The van der Waals surface area contributed by atoms with Crippen molar-refractivity contribution in [1.29, 1.82) is 0 Å². The Labute approximate surface area is 169 Å². The first-order valence-corrected chi connectivity index (χ1v) is 9.48. The number of hydrogen-bond donors (Lipinski definition) is 0. The zero-order chi connectivity index (χ0) is 19.6. The van der Waals surface area contributed by atoms with E-state index in [1.54, 1.807) is 25.1 Å². The maximum absolute atomic E-state index is 12.6. The maximum atomic E-state index is 12.6. The zero-order valence-corrected chi connectivity index (χ0v) is 16.9. The highest BCUT2D eigenvalue weighted by molar-refractivity contribution is 6.55. The quantitative estimate of drug-likeness (QED) is 0.547. The normalized spacial score (nSPS) is 21.1. The molecule has 0 saturated heterocycles. The molecule has 0 bridgehead atoms. The SMILES string of the molecule is C[C@H](OC(=O)[C@@H]1[C@@H](C=C(Cl)Cl)C1(C)C)c1cccc(Oc2ccccc2)n1. The number of hydrogen-bond acceptors (Lipinski definition) is 4. The minimum absolute atomic E-state index is 0.0251. The molecule has 0 aliphatic heterocycles. The lowest BCUT2D eigenvalue weighted by atomic mass is 10.1. The van der Waals surface area contributed by atoms with Crippen molar-refractivity contribution in [2.24, 2.45) is 17.3 Å². The Bertz CT molecular complexity index is 848. The monoisotopic (exact) mass is 405 g/mol. The Kier molecular flexibility index (Phi) is 5.78. The van der Waals surface area contributed by atoms with Gasteiger partial charge in [0.2, 0.25) is 5.88 Å². The van der Waals surface area contributed by atoms with Gasteiger partial charge in [-0.05, 0) is 42.5 Å². The first-order chi connectivity index (χ1) is 12.8. The number of pyridine rings is 1. The number of para-hydroxylation sites is 1. The Morgan fingerprint density at radius 3 is 2.52 bits per heavy atom. The number of allylic oxidation sites excluding steroid dienone is 1. The highest BCUT2D eigenvalue weighted by Crippen LogP contribution is 2.60. The number of ether oxygens (including phenoxy) is 2. The minimum atomic E-state index is -0.496. The van der Waals surface area contributed by atoms with Crippen LogP contribution in [0.2, 0.25) is 0 Å². The number of halogens is 2. The lowest BCUT2D eigenvalue weighted by Crippen LogP contribution is -2.14. The van der Waals surface area contributed by atoms with E-state index in [0.29, 0.717) is 17.3 Å². The topological polar surface area (TPSA) is 48.4 Å². The molecule has 2 aromatic rings. The number of benzene rings is 1. The molecule has 0 amide bonds. The van der Waals surface area contributed by atoms with Crippen LogP contribution in [0.1, 0.15) is 32.6 Å². The van der Waals surface area contributed by atoms with E-state index in [9.17, 15) is 4.79 Å². The van der Waals surface area contributed by atoms with Crippen molar-refractivity contribution in [2.75, 3.05) is 0 Å². The van der Waals surface area contributed by atoms with Crippen molar-refractivity contribution < 1.29 is 14.3 Å². The molecule has 1 fully saturated rings. The van der Waals surface area contributed by atoms with Crippen molar-refractivity contribution in [3.05, 3.63) is 64.8 Å². The van der Waals surface area contributed by atoms with Crippen LogP contribution in [-0.2, 0) is 9.53 Å². The summed E-state index contributed by atoms with van der Waals surface area (Å²) in [6, 6.07) is 14.8.